The molecule has 2 bridgehead atoms. The molecule has 2 N–H and O–H groups in total. The zero-order valence-electron chi connectivity index (χ0n) is 22.0. The minimum atomic E-state index is -0.318. The van der Waals surface area contributed by atoms with Crippen molar-refractivity contribution < 1.29 is 19.1 Å². The fourth-order valence-electron chi connectivity index (χ4n) is 4.52. The third-order valence-electron chi connectivity index (χ3n) is 6.17. The molecule has 0 atom stereocenters. The first-order chi connectivity index (χ1) is 15.7. The second-order valence-electron chi connectivity index (χ2n) is 11.3. The van der Waals surface area contributed by atoms with Crippen LogP contribution in [0.15, 0.2) is 10.9 Å². The van der Waals surface area contributed by atoms with E-state index < -0.39 is 0 Å². The molecule has 0 spiro atoms. The normalized spacial score (nSPS) is 23.1. The molecule has 3 aliphatic carbocycles. The summed E-state index contributed by atoms with van der Waals surface area (Å²) in [7, 11) is 1.98. The van der Waals surface area contributed by atoms with E-state index in [1.54, 1.807) is 0 Å². The number of nitrogens with one attached hydrogen (secondary N) is 2. The molecule has 0 unspecified atom stereocenters. The lowest BCUT2D eigenvalue weighted by Gasteiger charge is -2.47. The Kier molecular flexibility index (Phi) is 8.91. The van der Waals surface area contributed by atoms with Crippen LogP contribution in [0.3, 0.4) is 0 Å². The van der Waals surface area contributed by atoms with Crippen LogP contribution >= 0.6 is 0 Å². The van der Waals surface area contributed by atoms with Crippen molar-refractivity contribution in [1.29, 1.82) is 0 Å². The second-order valence-corrected chi connectivity index (χ2v) is 11.3. The number of aromatic nitrogens is 2. The first-order valence-corrected chi connectivity index (χ1v) is 12.1. The Morgan fingerprint density at radius 2 is 1.82 bits per heavy atom. The number of hydrogen-bond donors (Lipinski definition) is 2. The smallest absolute Gasteiger partial charge is 0.293 e. The predicted octanol–water partition coefficient (Wildman–Crippen LogP) is 2.76. The Morgan fingerprint density at radius 1 is 1.21 bits per heavy atom. The van der Waals surface area contributed by atoms with Gasteiger partial charge >= 0.3 is 0 Å². The maximum Gasteiger partial charge on any atom is 0.293 e. The Hall–Kier alpha value is -2.42. The van der Waals surface area contributed by atoms with Crippen LogP contribution in [-0.4, -0.2) is 52.5 Å². The Morgan fingerprint density at radius 3 is 2.26 bits per heavy atom. The van der Waals surface area contributed by atoms with E-state index in [9.17, 15) is 14.4 Å². The van der Waals surface area contributed by atoms with Crippen molar-refractivity contribution in [3.05, 3.63) is 22.1 Å². The number of hydrogen-bond acceptors (Lipinski definition) is 7. The average molecular weight is 479 g/mol. The number of rotatable bonds is 9. The van der Waals surface area contributed by atoms with Gasteiger partial charge in [-0.2, -0.15) is 5.10 Å². The maximum atomic E-state index is 12.6. The molecule has 192 valence electrons. The number of carbonyl (C=O) groups is 2. The van der Waals surface area contributed by atoms with Gasteiger partial charge in [0.05, 0.1) is 6.61 Å². The summed E-state index contributed by atoms with van der Waals surface area (Å²) in [5, 5.41) is 11.0. The summed E-state index contributed by atoms with van der Waals surface area (Å²) in [6.07, 6.45) is 4.00. The van der Waals surface area contributed by atoms with Gasteiger partial charge in [0.25, 0.3) is 12.0 Å². The van der Waals surface area contributed by atoms with Gasteiger partial charge in [-0.05, 0) is 59.4 Å². The fourth-order valence-corrected chi connectivity index (χ4v) is 4.52. The zero-order valence-corrected chi connectivity index (χ0v) is 22.0. The molecular formula is C25H42N4O5. The van der Waals surface area contributed by atoms with Crippen LogP contribution in [0.4, 0.5) is 0 Å². The maximum absolute atomic E-state index is 12.6. The highest BCUT2D eigenvalue weighted by Crippen LogP contribution is 2.54. The quantitative estimate of drug-likeness (QED) is 0.525. The molecule has 34 heavy (non-hydrogen) atoms. The summed E-state index contributed by atoms with van der Waals surface area (Å²) in [6.45, 7) is 14.5. The van der Waals surface area contributed by atoms with Gasteiger partial charge in [0.1, 0.15) is 23.6 Å². The average Bonchev–Trinajstić information content (AvgIpc) is 3.23. The van der Waals surface area contributed by atoms with Gasteiger partial charge in [-0.1, -0.05) is 27.7 Å². The number of ether oxygens (including phenoxy) is 2. The van der Waals surface area contributed by atoms with Crippen LogP contribution in [0.5, 0.6) is 5.75 Å². The van der Waals surface area contributed by atoms with Gasteiger partial charge in [-0.15, -0.1) is 0 Å². The molecule has 0 radical (unpaired) electrons. The van der Waals surface area contributed by atoms with Crippen molar-refractivity contribution in [2.45, 2.75) is 103 Å². The monoisotopic (exact) mass is 478 g/mol. The van der Waals surface area contributed by atoms with Gasteiger partial charge < -0.3 is 20.1 Å². The van der Waals surface area contributed by atoms with Crippen molar-refractivity contribution in [3.8, 4) is 5.75 Å². The number of carbonyl (C=O) groups excluding carboxylic acids is 2. The lowest BCUT2D eigenvalue weighted by atomic mass is 9.71. The summed E-state index contributed by atoms with van der Waals surface area (Å²) in [6, 6.07) is 1.46. The molecule has 1 aromatic heterocycles. The molecule has 9 heteroatoms. The van der Waals surface area contributed by atoms with Crippen molar-refractivity contribution in [2.75, 3.05) is 13.7 Å². The standard InChI is InChI=1S/C20H32N4O3.C5H10O2/c1-13(2)10-27-15-8-17(26)24(23-18(15)14(3)4)9-16(25)22-20-7-6-19(11-20,12-20)21-5;1-5(2,3)7-4-6/h8,13-14,21H,6-7,9-12H2,1-5H3,(H,22,25);4H,1-3H3. The van der Waals surface area contributed by atoms with Gasteiger partial charge in [0.2, 0.25) is 5.91 Å². The van der Waals surface area contributed by atoms with Crippen molar-refractivity contribution in [3.63, 3.8) is 0 Å². The fraction of sp³-hybridized carbons (Fsp3) is 0.760. The van der Waals surface area contributed by atoms with Crippen molar-refractivity contribution >= 4 is 12.4 Å². The predicted molar refractivity (Wildman–Crippen MR) is 131 cm³/mol. The minimum Gasteiger partial charge on any atom is -0.491 e. The highest BCUT2D eigenvalue weighted by molar-refractivity contribution is 5.77. The molecule has 1 amide bonds. The van der Waals surface area contributed by atoms with E-state index >= 15 is 0 Å². The highest BCUT2D eigenvalue weighted by Gasteiger charge is 2.60. The van der Waals surface area contributed by atoms with Crippen molar-refractivity contribution in [1.82, 2.24) is 20.4 Å². The summed E-state index contributed by atoms with van der Waals surface area (Å²) in [5.41, 5.74) is 0.171. The largest absolute Gasteiger partial charge is 0.491 e. The van der Waals surface area contributed by atoms with E-state index in [1.807, 2.05) is 41.7 Å². The molecule has 3 fully saturated rings. The molecule has 1 aromatic rings. The molecule has 1 heterocycles. The summed E-state index contributed by atoms with van der Waals surface area (Å²) < 4.78 is 11.6. The third-order valence-corrected chi connectivity index (χ3v) is 6.17. The lowest BCUT2D eigenvalue weighted by molar-refractivity contribution is -0.138. The number of fused-ring (bicyclic) bond motifs is 1. The van der Waals surface area contributed by atoms with Gasteiger partial charge in [-0.3, -0.25) is 14.4 Å². The summed E-state index contributed by atoms with van der Waals surface area (Å²) in [5.74, 6) is 0.823. The van der Waals surface area contributed by atoms with E-state index in [0.717, 1.165) is 25.7 Å². The molecule has 3 saturated carbocycles. The molecule has 0 aromatic carbocycles. The van der Waals surface area contributed by atoms with Crippen LogP contribution < -0.4 is 20.9 Å². The molecular weight excluding hydrogens is 436 g/mol. The van der Waals surface area contributed by atoms with Crippen LogP contribution in [0.25, 0.3) is 0 Å². The van der Waals surface area contributed by atoms with E-state index in [0.29, 0.717) is 30.4 Å². The van der Waals surface area contributed by atoms with Crippen LogP contribution in [0.2, 0.25) is 0 Å². The molecule has 3 aliphatic rings. The third kappa shape index (κ3) is 7.29. The van der Waals surface area contributed by atoms with Crippen LogP contribution in [0.1, 0.15) is 85.8 Å². The van der Waals surface area contributed by atoms with Crippen LogP contribution in [-0.2, 0) is 20.9 Å². The SMILES string of the molecule is CC(C)(C)OC=O.CNC12CCC(NC(=O)Cn3nc(C(C)C)c(OCC(C)C)cc3=O)(C1)C2. The molecule has 0 aliphatic heterocycles. The number of nitrogens with zero attached hydrogens (tertiary/aromatic N) is 2. The van der Waals surface area contributed by atoms with Crippen LogP contribution in [0, 0.1) is 5.92 Å². The summed E-state index contributed by atoms with van der Waals surface area (Å²) >= 11 is 0. The number of amides is 1. The first-order valence-electron chi connectivity index (χ1n) is 12.1. The summed E-state index contributed by atoms with van der Waals surface area (Å²) in [4.78, 5) is 34.6. The van der Waals surface area contributed by atoms with E-state index in [2.05, 4.69) is 34.3 Å². The minimum absolute atomic E-state index is 0.0582. The Labute approximate surface area is 203 Å². The van der Waals surface area contributed by atoms with Gasteiger partial charge in [-0.25, -0.2) is 4.68 Å². The molecule has 9 nitrogen and oxygen atoms in total. The Bertz CT molecular complexity index is 911. The van der Waals surface area contributed by atoms with E-state index in [1.165, 1.54) is 10.7 Å². The topological polar surface area (TPSA) is 112 Å². The van der Waals surface area contributed by atoms with E-state index in [-0.39, 0.29) is 40.6 Å². The van der Waals surface area contributed by atoms with Crippen molar-refractivity contribution in [2.24, 2.45) is 5.92 Å². The van der Waals surface area contributed by atoms with Gasteiger partial charge in [0.15, 0.2) is 0 Å². The van der Waals surface area contributed by atoms with Gasteiger partial charge in [0, 0.05) is 23.1 Å². The van der Waals surface area contributed by atoms with E-state index in [4.69, 9.17) is 4.74 Å². The molecule has 4 rings (SSSR count). The Balaban J connectivity index is 0.000000509. The molecule has 0 saturated heterocycles. The zero-order chi connectivity index (χ0) is 25.7. The lowest BCUT2D eigenvalue weighted by Crippen LogP contribution is -2.63. The first kappa shape index (κ1) is 27.8. The highest BCUT2D eigenvalue weighted by atomic mass is 16.5. The second kappa shape index (κ2) is 10.9.